The van der Waals surface area contributed by atoms with Crippen molar-refractivity contribution in [2.45, 2.75) is 12.6 Å². The third-order valence-corrected chi connectivity index (χ3v) is 5.11. The molecule has 0 aromatic carbocycles. The second kappa shape index (κ2) is 6.77. The van der Waals surface area contributed by atoms with Gasteiger partial charge in [0.15, 0.2) is 5.65 Å². The average molecular weight is 359 g/mol. The molecule has 3 aromatic rings. The van der Waals surface area contributed by atoms with Gasteiger partial charge in [0, 0.05) is 11.4 Å². The largest absolute Gasteiger partial charge is 0.468 e. The van der Waals surface area contributed by atoms with Gasteiger partial charge in [-0.2, -0.15) is 5.10 Å². The highest BCUT2D eigenvalue weighted by molar-refractivity contribution is 7.10. The molecule has 8 nitrogen and oxygen atoms in total. The first-order chi connectivity index (χ1) is 12.3. The first kappa shape index (κ1) is 16.0. The number of methoxy groups -OCH3 is 1. The van der Waals surface area contributed by atoms with Crippen LogP contribution in [0.3, 0.4) is 0 Å². The van der Waals surface area contributed by atoms with Gasteiger partial charge in [0.25, 0.3) is 0 Å². The van der Waals surface area contributed by atoms with Crippen LogP contribution in [-0.2, 0) is 20.8 Å². The van der Waals surface area contributed by atoms with Gasteiger partial charge >= 0.3 is 5.97 Å². The number of carbonyl (C=O) groups excluding carboxylic acids is 1. The minimum atomic E-state index is -0.366. The second-order valence-corrected chi connectivity index (χ2v) is 6.61. The zero-order valence-electron chi connectivity index (χ0n) is 13.7. The lowest BCUT2D eigenvalue weighted by Crippen LogP contribution is -2.38. The van der Waals surface area contributed by atoms with E-state index in [0.29, 0.717) is 12.3 Å². The van der Waals surface area contributed by atoms with Crippen LogP contribution in [0.25, 0.3) is 11.0 Å². The highest BCUT2D eigenvalue weighted by atomic mass is 32.1. The van der Waals surface area contributed by atoms with Crippen LogP contribution < -0.4 is 4.90 Å². The van der Waals surface area contributed by atoms with Gasteiger partial charge in [-0.15, -0.1) is 11.3 Å². The Morgan fingerprint density at radius 3 is 3.20 bits per heavy atom. The van der Waals surface area contributed by atoms with Crippen LogP contribution in [0.4, 0.5) is 5.82 Å². The van der Waals surface area contributed by atoms with Gasteiger partial charge in [-0.25, -0.2) is 14.6 Å². The summed E-state index contributed by atoms with van der Waals surface area (Å²) in [6.45, 7) is 2.12. The van der Waals surface area contributed by atoms with E-state index in [-0.39, 0.29) is 18.6 Å². The van der Waals surface area contributed by atoms with E-state index in [1.807, 2.05) is 6.07 Å². The lowest BCUT2D eigenvalue weighted by molar-refractivity contribution is -0.141. The summed E-state index contributed by atoms with van der Waals surface area (Å²) in [5.74, 6) is 0.445. The fraction of sp³-hybridized carbons (Fsp3) is 0.375. The van der Waals surface area contributed by atoms with E-state index in [1.54, 1.807) is 17.5 Å². The zero-order valence-corrected chi connectivity index (χ0v) is 14.5. The molecular formula is C16H17N5O3S. The second-order valence-electron chi connectivity index (χ2n) is 5.63. The summed E-state index contributed by atoms with van der Waals surface area (Å²) in [6.07, 6.45) is 3.23. The summed E-state index contributed by atoms with van der Waals surface area (Å²) in [4.78, 5) is 23.6. The first-order valence-electron chi connectivity index (χ1n) is 7.89. The van der Waals surface area contributed by atoms with Crippen molar-refractivity contribution in [1.29, 1.82) is 0 Å². The van der Waals surface area contributed by atoms with Crippen LogP contribution in [0.2, 0.25) is 0 Å². The Hall–Kier alpha value is -2.52. The lowest BCUT2D eigenvalue weighted by Gasteiger charge is -2.33. The number of fused-ring (bicyclic) bond motifs is 1. The van der Waals surface area contributed by atoms with Crippen molar-refractivity contribution in [2.24, 2.45) is 0 Å². The monoisotopic (exact) mass is 359 g/mol. The number of anilines is 1. The van der Waals surface area contributed by atoms with E-state index in [2.05, 4.69) is 31.4 Å². The third kappa shape index (κ3) is 3.08. The van der Waals surface area contributed by atoms with Gasteiger partial charge in [0.2, 0.25) is 0 Å². The van der Waals surface area contributed by atoms with Crippen LogP contribution in [-0.4, -0.2) is 52.5 Å². The number of rotatable bonds is 4. The fourth-order valence-electron chi connectivity index (χ4n) is 2.92. The van der Waals surface area contributed by atoms with Gasteiger partial charge in [-0.3, -0.25) is 4.79 Å². The molecule has 1 atom stereocenters. The molecule has 1 fully saturated rings. The molecule has 0 spiro atoms. The van der Waals surface area contributed by atoms with Crippen molar-refractivity contribution >= 4 is 34.2 Å². The molecule has 4 rings (SSSR count). The topological polar surface area (TPSA) is 82.4 Å². The summed E-state index contributed by atoms with van der Waals surface area (Å²) >= 11 is 1.69. The molecule has 0 aliphatic carbocycles. The molecule has 0 amide bonds. The first-order valence-corrected chi connectivity index (χ1v) is 8.77. The summed E-state index contributed by atoms with van der Waals surface area (Å²) in [6, 6.07) is 4.12. The van der Waals surface area contributed by atoms with Gasteiger partial charge in [0.05, 0.1) is 31.8 Å². The Kier molecular flexibility index (Phi) is 4.33. The number of aromatic nitrogens is 4. The minimum Gasteiger partial charge on any atom is -0.468 e. The maximum absolute atomic E-state index is 11.5. The molecule has 0 saturated carbocycles. The number of ether oxygens (including phenoxy) is 2. The van der Waals surface area contributed by atoms with Crippen LogP contribution in [0, 0.1) is 0 Å². The molecule has 9 heteroatoms. The number of esters is 1. The Morgan fingerprint density at radius 1 is 1.48 bits per heavy atom. The van der Waals surface area contributed by atoms with Crippen molar-refractivity contribution in [3.05, 3.63) is 34.9 Å². The highest BCUT2D eigenvalue weighted by Gasteiger charge is 2.25. The van der Waals surface area contributed by atoms with Crippen molar-refractivity contribution < 1.29 is 14.3 Å². The number of hydrogen-bond donors (Lipinski definition) is 0. The van der Waals surface area contributed by atoms with Crippen LogP contribution in [0.15, 0.2) is 30.0 Å². The van der Waals surface area contributed by atoms with Crippen LogP contribution in [0.1, 0.15) is 11.0 Å². The minimum absolute atomic E-state index is 0.0252. The summed E-state index contributed by atoms with van der Waals surface area (Å²) in [7, 11) is 1.35. The van der Waals surface area contributed by atoms with Crippen molar-refractivity contribution in [2.75, 3.05) is 31.7 Å². The van der Waals surface area contributed by atoms with Gasteiger partial charge in [-0.05, 0) is 11.4 Å². The highest BCUT2D eigenvalue weighted by Crippen LogP contribution is 2.30. The molecule has 1 saturated heterocycles. The van der Waals surface area contributed by atoms with E-state index in [9.17, 15) is 4.79 Å². The molecule has 0 radical (unpaired) electrons. The summed E-state index contributed by atoms with van der Waals surface area (Å²) < 4.78 is 12.1. The normalized spacial score (nSPS) is 17.8. The van der Waals surface area contributed by atoms with Crippen LogP contribution in [0.5, 0.6) is 0 Å². The fourth-order valence-corrected chi connectivity index (χ4v) is 3.69. The standard InChI is InChI=1S/C16H17N5O3S/c1-23-14(22)9-21-16-11(7-19-21)15(17-10-18-16)20-4-5-24-12(8-20)13-3-2-6-25-13/h2-3,6-7,10,12H,4-5,8-9H2,1H3. The van der Waals surface area contributed by atoms with Crippen molar-refractivity contribution in [3.8, 4) is 0 Å². The van der Waals surface area contributed by atoms with Crippen molar-refractivity contribution in [3.63, 3.8) is 0 Å². The van der Waals surface area contributed by atoms with E-state index in [0.717, 1.165) is 24.3 Å². The van der Waals surface area contributed by atoms with Crippen LogP contribution >= 0.6 is 11.3 Å². The number of carbonyl (C=O) groups is 1. The average Bonchev–Trinajstić information content (AvgIpc) is 3.32. The number of thiophene rings is 1. The Morgan fingerprint density at radius 2 is 2.40 bits per heavy atom. The molecule has 1 aliphatic rings. The van der Waals surface area contributed by atoms with E-state index in [1.165, 1.54) is 23.0 Å². The Bertz CT molecular complexity index is 879. The quantitative estimate of drug-likeness (QED) is 0.655. The maximum Gasteiger partial charge on any atom is 0.327 e. The van der Waals surface area contributed by atoms with Gasteiger partial charge in [0.1, 0.15) is 24.8 Å². The predicted molar refractivity (Wildman–Crippen MR) is 92.6 cm³/mol. The summed E-state index contributed by atoms with van der Waals surface area (Å²) in [5.41, 5.74) is 0.620. The number of nitrogens with zero attached hydrogens (tertiary/aromatic N) is 5. The Labute approximate surface area is 148 Å². The third-order valence-electron chi connectivity index (χ3n) is 4.15. The molecule has 3 aromatic heterocycles. The molecule has 25 heavy (non-hydrogen) atoms. The van der Waals surface area contributed by atoms with Gasteiger partial charge in [-0.1, -0.05) is 6.07 Å². The SMILES string of the molecule is COC(=O)Cn1ncc2c(N3CCOC(c4cccs4)C3)ncnc21. The molecule has 4 heterocycles. The predicted octanol–water partition coefficient (Wildman–Crippen LogP) is 1.64. The molecule has 130 valence electrons. The molecular weight excluding hydrogens is 342 g/mol. The van der Waals surface area contributed by atoms with Crippen molar-refractivity contribution in [1.82, 2.24) is 19.7 Å². The molecule has 0 bridgehead atoms. The zero-order chi connectivity index (χ0) is 17.2. The molecule has 1 unspecified atom stereocenters. The maximum atomic E-state index is 11.5. The van der Waals surface area contributed by atoms with E-state index >= 15 is 0 Å². The Balaban J connectivity index is 1.63. The number of morpholine rings is 1. The lowest BCUT2D eigenvalue weighted by atomic mass is 10.2. The molecule has 0 N–H and O–H groups in total. The summed E-state index contributed by atoms with van der Waals surface area (Å²) in [5, 5.41) is 7.14. The smallest absolute Gasteiger partial charge is 0.327 e. The van der Waals surface area contributed by atoms with E-state index < -0.39 is 0 Å². The van der Waals surface area contributed by atoms with E-state index in [4.69, 9.17) is 9.47 Å². The number of hydrogen-bond acceptors (Lipinski definition) is 8. The molecule has 1 aliphatic heterocycles. The van der Waals surface area contributed by atoms with Gasteiger partial charge < -0.3 is 14.4 Å².